The Morgan fingerprint density at radius 3 is 2.80 bits per heavy atom. The van der Waals surface area contributed by atoms with E-state index in [-0.39, 0.29) is 5.91 Å². The van der Waals surface area contributed by atoms with E-state index in [0.717, 1.165) is 5.56 Å². The van der Waals surface area contributed by atoms with E-state index in [0.29, 0.717) is 47.1 Å². The van der Waals surface area contributed by atoms with Crippen molar-refractivity contribution in [1.82, 2.24) is 5.32 Å². The van der Waals surface area contributed by atoms with Crippen LogP contribution in [-0.2, 0) is 11.3 Å². The van der Waals surface area contributed by atoms with Crippen LogP contribution in [0.1, 0.15) is 12.5 Å². The van der Waals surface area contributed by atoms with Crippen LogP contribution in [0, 0.1) is 0 Å². The first kappa shape index (κ1) is 17.7. The molecule has 1 atom stereocenters. The molecule has 7 heteroatoms. The number of amides is 1. The van der Waals surface area contributed by atoms with Crippen LogP contribution in [0.2, 0.25) is 10.0 Å². The highest BCUT2D eigenvalue weighted by molar-refractivity contribution is 6.42. The van der Waals surface area contributed by atoms with E-state index in [1.807, 2.05) is 18.2 Å². The highest BCUT2D eigenvalue weighted by Crippen LogP contribution is 2.33. The summed E-state index contributed by atoms with van der Waals surface area (Å²) in [7, 11) is 0. The van der Waals surface area contributed by atoms with Crippen molar-refractivity contribution in [3.8, 4) is 17.2 Å². The summed E-state index contributed by atoms with van der Waals surface area (Å²) in [6.07, 6.45) is -0.686. The molecule has 0 spiro atoms. The maximum atomic E-state index is 12.3. The molecule has 0 aromatic heterocycles. The number of carbonyl (C=O) groups is 1. The van der Waals surface area contributed by atoms with E-state index in [2.05, 4.69) is 5.32 Å². The number of fused-ring (bicyclic) bond motifs is 1. The number of benzene rings is 2. The highest BCUT2D eigenvalue weighted by Gasteiger charge is 2.18. The first-order valence-electron chi connectivity index (χ1n) is 7.81. The number of ether oxygens (including phenoxy) is 3. The minimum absolute atomic E-state index is 0.250. The number of nitrogens with one attached hydrogen (secondary N) is 1. The first-order valence-corrected chi connectivity index (χ1v) is 8.57. The molecule has 1 amide bonds. The Bertz CT molecular complexity index is 782. The lowest BCUT2D eigenvalue weighted by molar-refractivity contribution is -0.127. The monoisotopic (exact) mass is 381 g/mol. The zero-order chi connectivity index (χ0) is 17.8. The van der Waals surface area contributed by atoms with Gasteiger partial charge in [0.15, 0.2) is 17.6 Å². The second kappa shape index (κ2) is 7.85. The van der Waals surface area contributed by atoms with Crippen molar-refractivity contribution in [2.24, 2.45) is 0 Å². The Hall–Kier alpha value is -2.11. The van der Waals surface area contributed by atoms with Gasteiger partial charge in [-0.05, 0) is 25.1 Å². The van der Waals surface area contributed by atoms with Crippen LogP contribution >= 0.6 is 23.2 Å². The van der Waals surface area contributed by atoms with Crippen LogP contribution in [0.4, 0.5) is 0 Å². The zero-order valence-corrected chi connectivity index (χ0v) is 15.1. The molecule has 25 heavy (non-hydrogen) atoms. The molecule has 1 heterocycles. The van der Waals surface area contributed by atoms with Crippen molar-refractivity contribution >= 4 is 29.1 Å². The Labute approximate surface area is 155 Å². The Balaban J connectivity index is 1.59. The maximum absolute atomic E-state index is 12.3. The molecule has 2 aromatic rings. The average molecular weight is 382 g/mol. The molecule has 0 radical (unpaired) electrons. The van der Waals surface area contributed by atoms with Crippen molar-refractivity contribution in [2.75, 3.05) is 13.2 Å². The maximum Gasteiger partial charge on any atom is 0.261 e. The fraction of sp³-hybridized carbons (Fsp3) is 0.278. The van der Waals surface area contributed by atoms with Gasteiger partial charge < -0.3 is 19.5 Å². The van der Waals surface area contributed by atoms with Gasteiger partial charge in [0.25, 0.3) is 5.91 Å². The lowest BCUT2D eigenvalue weighted by atomic mass is 10.1. The number of halogens is 2. The Kier molecular flexibility index (Phi) is 5.56. The van der Waals surface area contributed by atoms with Gasteiger partial charge >= 0.3 is 0 Å². The second-order valence-corrected chi connectivity index (χ2v) is 6.31. The summed E-state index contributed by atoms with van der Waals surface area (Å²) < 4.78 is 16.8. The normalized spacial score (nSPS) is 13.9. The second-order valence-electron chi connectivity index (χ2n) is 5.50. The van der Waals surface area contributed by atoms with Gasteiger partial charge in [0, 0.05) is 18.2 Å². The zero-order valence-electron chi connectivity index (χ0n) is 13.6. The summed E-state index contributed by atoms with van der Waals surface area (Å²) in [5, 5.41) is 3.64. The average Bonchev–Trinajstić information content (AvgIpc) is 2.62. The number of hydrogen-bond acceptors (Lipinski definition) is 4. The molecule has 0 saturated heterocycles. The third kappa shape index (κ3) is 4.30. The molecule has 0 fully saturated rings. The fourth-order valence-corrected chi connectivity index (χ4v) is 2.70. The van der Waals surface area contributed by atoms with Gasteiger partial charge in [0.1, 0.15) is 19.0 Å². The smallest absolute Gasteiger partial charge is 0.261 e. The molecule has 5 nitrogen and oxygen atoms in total. The molecular weight excluding hydrogens is 365 g/mol. The van der Waals surface area contributed by atoms with Crippen molar-refractivity contribution < 1.29 is 19.0 Å². The van der Waals surface area contributed by atoms with Gasteiger partial charge in [0.2, 0.25) is 0 Å². The quantitative estimate of drug-likeness (QED) is 0.854. The molecule has 132 valence electrons. The van der Waals surface area contributed by atoms with Gasteiger partial charge in [-0.2, -0.15) is 0 Å². The highest BCUT2D eigenvalue weighted by atomic mass is 35.5. The Morgan fingerprint density at radius 1 is 1.20 bits per heavy atom. The molecule has 1 aliphatic heterocycles. The van der Waals surface area contributed by atoms with E-state index in [4.69, 9.17) is 37.4 Å². The number of carbonyl (C=O) groups excluding carboxylic acids is 1. The molecule has 1 unspecified atom stereocenters. The standard InChI is InChI=1S/C18H17Cl2NO4/c1-11(25-13-5-6-14(19)15(20)9-13)18(22)21-10-12-3-2-4-16-17(12)24-8-7-23-16/h2-6,9,11H,7-8,10H2,1H3,(H,21,22). The van der Waals surface area contributed by atoms with Crippen LogP contribution in [0.15, 0.2) is 36.4 Å². The third-order valence-corrected chi connectivity index (χ3v) is 4.41. The predicted octanol–water partition coefficient (Wildman–Crippen LogP) is 3.85. The van der Waals surface area contributed by atoms with Crippen LogP contribution < -0.4 is 19.5 Å². The van der Waals surface area contributed by atoms with Crippen molar-refractivity contribution in [3.05, 3.63) is 52.0 Å². The molecule has 1 aliphatic rings. The summed E-state index contributed by atoms with van der Waals surface area (Å²) in [6, 6.07) is 10.5. The van der Waals surface area contributed by atoms with E-state index < -0.39 is 6.10 Å². The van der Waals surface area contributed by atoms with Crippen molar-refractivity contribution in [3.63, 3.8) is 0 Å². The van der Waals surface area contributed by atoms with E-state index >= 15 is 0 Å². The van der Waals surface area contributed by atoms with E-state index in [1.165, 1.54) is 0 Å². The minimum Gasteiger partial charge on any atom is -0.486 e. The third-order valence-electron chi connectivity index (χ3n) is 3.67. The molecule has 1 N–H and O–H groups in total. The lowest BCUT2D eigenvalue weighted by Gasteiger charge is -2.21. The summed E-state index contributed by atoms with van der Waals surface area (Å²) in [4.78, 5) is 12.3. The van der Waals surface area contributed by atoms with Gasteiger partial charge in [-0.1, -0.05) is 35.3 Å². The summed E-state index contributed by atoms with van der Waals surface area (Å²) in [6.45, 7) is 3.00. The summed E-state index contributed by atoms with van der Waals surface area (Å²) in [5.41, 5.74) is 0.854. The van der Waals surface area contributed by atoms with E-state index in [9.17, 15) is 4.79 Å². The largest absolute Gasteiger partial charge is 0.486 e. The van der Waals surface area contributed by atoms with Gasteiger partial charge in [-0.15, -0.1) is 0 Å². The van der Waals surface area contributed by atoms with Crippen molar-refractivity contribution in [2.45, 2.75) is 19.6 Å². The summed E-state index contributed by atoms with van der Waals surface area (Å²) >= 11 is 11.8. The number of hydrogen-bond donors (Lipinski definition) is 1. The van der Waals surface area contributed by atoms with Crippen LogP contribution in [-0.4, -0.2) is 25.2 Å². The molecule has 3 rings (SSSR count). The summed E-state index contributed by atoms with van der Waals surface area (Å²) in [5.74, 6) is 1.59. The minimum atomic E-state index is -0.686. The molecule has 0 bridgehead atoms. The van der Waals surface area contributed by atoms with E-state index in [1.54, 1.807) is 25.1 Å². The predicted molar refractivity (Wildman–Crippen MR) is 95.8 cm³/mol. The van der Waals surface area contributed by atoms with Crippen LogP contribution in [0.5, 0.6) is 17.2 Å². The van der Waals surface area contributed by atoms with Crippen LogP contribution in [0.3, 0.4) is 0 Å². The number of rotatable bonds is 5. The fourth-order valence-electron chi connectivity index (χ4n) is 2.41. The Morgan fingerprint density at radius 2 is 2.00 bits per heavy atom. The topological polar surface area (TPSA) is 56.8 Å². The molecule has 2 aromatic carbocycles. The lowest BCUT2D eigenvalue weighted by Crippen LogP contribution is -2.36. The first-order chi connectivity index (χ1) is 12.0. The molecular formula is C18H17Cl2NO4. The van der Waals surface area contributed by atoms with Crippen molar-refractivity contribution in [1.29, 1.82) is 0 Å². The van der Waals surface area contributed by atoms with Crippen LogP contribution in [0.25, 0.3) is 0 Å². The SMILES string of the molecule is CC(Oc1ccc(Cl)c(Cl)c1)C(=O)NCc1cccc2c1OCCO2. The van der Waals surface area contributed by atoms with Gasteiger partial charge in [-0.3, -0.25) is 4.79 Å². The van der Waals surface area contributed by atoms with Gasteiger partial charge in [0.05, 0.1) is 10.0 Å². The molecule has 0 aliphatic carbocycles. The number of para-hydroxylation sites is 1. The molecule has 0 saturated carbocycles. The van der Waals surface area contributed by atoms with Gasteiger partial charge in [-0.25, -0.2) is 0 Å².